The van der Waals surface area contributed by atoms with Crippen LogP contribution in [0.25, 0.3) is 10.7 Å². The van der Waals surface area contributed by atoms with Gasteiger partial charge in [0.1, 0.15) is 5.82 Å². The number of nitrogens with zero attached hydrogens (tertiary/aromatic N) is 2. The van der Waals surface area contributed by atoms with Gasteiger partial charge in [0.25, 0.3) is 0 Å². The first-order chi connectivity index (χ1) is 12.4. The van der Waals surface area contributed by atoms with Crippen molar-refractivity contribution in [2.75, 3.05) is 5.32 Å². The quantitative estimate of drug-likeness (QED) is 0.493. The van der Waals surface area contributed by atoms with Crippen LogP contribution >= 0.6 is 43.2 Å². The maximum atomic E-state index is 11.2. The largest absolute Gasteiger partial charge is 0.366 e. The zero-order chi connectivity index (χ0) is 18.8. The summed E-state index contributed by atoms with van der Waals surface area (Å²) in [7, 11) is 0. The molecule has 0 saturated heterocycles. The van der Waals surface area contributed by atoms with Crippen molar-refractivity contribution in [2.45, 2.75) is 20.3 Å². The van der Waals surface area contributed by atoms with E-state index < -0.39 is 5.91 Å². The number of carbonyl (C=O) groups is 1. The zero-order valence-electron chi connectivity index (χ0n) is 14.1. The van der Waals surface area contributed by atoms with Crippen LogP contribution in [0.5, 0.6) is 0 Å². The van der Waals surface area contributed by atoms with Gasteiger partial charge in [0.05, 0.1) is 8.66 Å². The molecular formula is C18H16Br2N4OS. The third-order valence-electron chi connectivity index (χ3n) is 3.87. The Labute approximate surface area is 172 Å². The average Bonchev–Trinajstić information content (AvgIpc) is 2.94. The van der Waals surface area contributed by atoms with E-state index in [1.165, 1.54) is 0 Å². The van der Waals surface area contributed by atoms with Gasteiger partial charge in [-0.05, 0) is 75.5 Å². The number of anilines is 2. The number of thiophene rings is 1. The second kappa shape index (κ2) is 7.85. The van der Waals surface area contributed by atoms with Crippen molar-refractivity contribution in [3.05, 3.63) is 55.4 Å². The van der Waals surface area contributed by atoms with Crippen LogP contribution in [0.4, 0.5) is 11.5 Å². The van der Waals surface area contributed by atoms with Crippen LogP contribution in [0.1, 0.15) is 28.5 Å². The predicted molar refractivity (Wildman–Crippen MR) is 113 cm³/mol. The highest BCUT2D eigenvalue weighted by atomic mass is 79.9. The number of amides is 1. The van der Waals surface area contributed by atoms with E-state index in [1.807, 2.05) is 25.1 Å². The normalized spacial score (nSPS) is 10.8. The second-order valence-corrected chi connectivity index (χ2v) is 8.84. The van der Waals surface area contributed by atoms with Crippen molar-refractivity contribution in [3.8, 4) is 10.7 Å². The molecule has 134 valence electrons. The van der Waals surface area contributed by atoms with E-state index in [0.717, 1.165) is 42.3 Å². The van der Waals surface area contributed by atoms with E-state index in [-0.39, 0.29) is 0 Å². The third kappa shape index (κ3) is 3.97. The fraction of sp³-hybridized carbons (Fsp3) is 0.167. The van der Waals surface area contributed by atoms with Gasteiger partial charge in [0.15, 0.2) is 5.82 Å². The Morgan fingerprint density at radius 3 is 2.46 bits per heavy atom. The fourth-order valence-electron chi connectivity index (χ4n) is 2.54. The summed E-state index contributed by atoms with van der Waals surface area (Å²) < 4.78 is 1.99. The Hall–Kier alpha value is -1.77. The zero-order valence-corrected chi connectivity index (χ0v) is 18.1. The van der Waals surface area contributed by atoms with E-state index in [2.05, 4.69) is 49.1 Å². The molecule has 3 N–H and O–H groups in total. The van der Waals surface area contributed by atoms with Crippen molar-refractivity contribution in [2.24, 2.45) is 5.73 Å². The number of aromatic nitrogens is 2. The molecule has 3 rings (SSSR count). The lowest BCUT2D eigenvalue weighted by Crippen LogP contribution is -2.10. The summed E-state index contributed by atoms with van der Waals surface area (Å²) in [5, 5.41) is 3.34. The smallest absolute Gasteiger partial charge is 0.248 e. The number of aryl methyl sites for hydroxylation is 1. The van der Waals surface area contributed by atoms with Crippen molar-refractivity contribution in [1.29, 1.82) is 0 Å². The molecule has 0 bridgehead atoms. The standard InChI is InChI=1S/C18H16Br2N4OS/c1-3-12-9(2)22-18(14-8-13(19)15(20)26-14)24-17(12)23-11-6-4-10(5-7-11)16(21)25/h4-8H,3H2,1-2H3,(H2,21,25)(H,22,23,24). The highest BCUT2D eigenvalue weighted by Crippen LogP contribution is 2.38. The molecule has 1 amide bonds. The number of benzene rings is 1. The highest BCUT2D eigenvalue weighted by Gasteiger charge is 2.15. The lowest BCUT2D eigenvalue weighted by molar-refractivity contribution is 0.100. The summed E-state index contributed by atoms with van der Waals surface area (Å²) in [5.74, 6) is 0.995. The van der Waals surface area contributed by atoms with Crippen molar-refractivity contribution in [1.82, 2.24) is 9.97 Å². The molecule has 3 aromatic rings. The molecule has 0 unspecified atom stereocenters. The van der Waals surface area contributed by atoms with Gasteiger partial charge in [-0.15, -0.1) is 11.3 Å². The van der Waals surface area contributed by atoms with Crippen LogP contribution in [-0.4, -0.2) is 15.9 Å². The van der Waals surface area contributed by atoms with Crippen LogP contribution in [0, 0.1) is 6.92 Å². The lowest BCUT2D eigenvalue weighted by atomic mass is 10.1. The summed E-state index contributed by atoms with van der Waals surface area (Å²) in [6.45, 7) is 4.06. The van der Waals surface area contributed by atoms with Crippen LogP contribution in [-0.2, 0) is 6.42 Å². The fourth-order valence-corrected chi connectivity index (χ4v) is 4.51. The number of primary amides is 1. The average molecular weight is 496 g/mol. The van der Waals surface area contributed by atoms with E-state index >= 15 is 0 Å². The topological polar surface area (TPSA) is 80.9 Å². The Morgan fingerprint density at radius 2 is 1.92 bits per heavy atom. The molecule has 0 aliphatic carbocycles. The van der Waals surface area contributed by atoms with Gasteiger partial charge in [-0.1, -0.05) is 6.92 Å². The van der Waals surface area contributed by atoms with Crippen LogP contribution in [0.3, 0.4) is 0 Å². The Kier molecular flexibility index (Phi) is 5.74. The Morgan fingerprint density at radius 1 is 1.23 bits per heavy atom. The number of nitrogens with one attached hydrogen (secondary N) is 1. The summed E-state index contributed by atoms with van der Waals surface area (Å²) in [6, 6.07) is 9.02. The minimum atomic E-state index is -0.445. The molecule has 26 heavy (non-hydrogen) atoms. The van der Waals surface area contributed by atoms with E-state index in [4.69, 9.17) is 10.7 Å². The van der Waals surface area contributed by atoms with Crippen molar-refractivity contribution >= 4 is 60.6 Å². The number of hydrogen-bond acceptors (Lipinski definition) is 5. The van der Waals surface area contributed by atoms with E-state index in [9.17, 15) is 4.79 Å². The first-order valence-corrected chi connectivity index (χ1v) is 10.3. The van der Waals surface area contributed by atoms with Crippen LogP contribution in [0.2, 0.25) is 0 Å². The monoisotopic (exact) mass is 494 g/mol. The highest BCUT2D eigenvalue weighted by molar-refractivity contribution is 9.13. The molecular weight excluding hydrogens is 480 g/mol. The molecule has 1 aromatic carbocycles. The van der Waals surface area contributed by atoms with Gasteiger partial charge in [-0.3, -0.25) is 4.79 Å². The molecule has 8 heteroatoms. The minimum Gasteiger partial charge on any atom is -0.366 e. The Bertz CT molecular complexity index is 951. The van der Waals surface area contributed by atoms with Gasteiger partial charge in [0, 0.05) is 27.0 Å². The summed E-state index contributed by atoms with van der Waals surface area (Å²) in [6.07, 6.45) is 0.811. The molecule has 2 aromatic heterocycles. The molecule has 2 heterocycles. The molecule has 0 spiro atoms. The first-order valence-electron chi connectivity index (χ1n) is 7.88. The molecule has 0 radical (unpaired) electrons. The van der Waals surface area contributed by atoms with Crippen molar-refractivity contribution < 1.29 is 4.79 Å². The Balaban J connectivity index is 2.00. The molecule has 0 fully saturated rings. The van der Waals surface area contributed by atoms with Gasteiger partial charge >= 0.3 is 0 Å². The van der Waals surface area contributed by atoms with Gasteiger partial charge in [-0.2, -0.15) is 0 Å². The first kappa shape index (κ1) is 19.0. The molecule has 0 saturated carbocycles. The number of halogens is 2. The summed E-state index contributed by atoms with van der Waals surface area (Å²) in [5.41, 5.74) is 8.60. The second-order valence-electron chi connectivity index (χ2n) is 5.61. The SMILES string of the molecule is CCc1c(C)nc(-c2cc(Br)c(Br)s2)nc1Nc1ccc(C(N)=O)cc1. The number of hydrogen-bond donors (Lipinski definition) is 2. The van der Waals surface area contributed by atoms with E-state index in [1.54, 1.807) is 23.5 Å². The lowest BCUT2D eigenvalue weighted by Gasteiger charge is -2.13. The van der Waals surface area contributed by atoms with Gasteiger partial charge < -0.3 is 11.1 Å². The molecule has 0 aliphatic rings. The third-order valence-corrected chi connectivity index (χ3v) is 7.12. The maximum absolute atomic E-state index is 11.2. The number of nitrogens with two attached hydrogens (primary N) is 1. The van der Waals surface area contributed by atoms with Gasteiger partial charge in [-0.25, -0.2) is 9.97 Å². The molecule has 5 nitrogen and oxygen atoms in total. The van der Waals surface area contributed by atoms with Crippen molar-refractivity contribution in [3.63, 3.8) is 0 Å². The van der Waals surface area contributed by atoms with E-state index in [0.29, 0.717) is 11.4 Å². The summed E-state index contributed by atoms with van der Waals surface area (Å²) >= 11 is 8.59. The molecule has 0 atom stereocenters. The number of rotatable bonds is 5. The van der Waals surface area contributed by atoms with Crippen LogP contribution in [0.15, 0.2) is 38.6 Å². The maximum Gasteiger partial charge on any atom is 0.248 e. The molecule has 0 aliphatic heterocycles. The number of carbonyl (C=O) groups excluding carboxylic acids is 1. The van der Waals surface area contributed by atoms with Crippen LogP contribution < -0.4 is 11.1 Å². The van der Waals surface area contributed by atoms with Gasteiger partial charge in [0.2, 0.25) is 5.91 Å². The predicted octanol–water partition coefficient (Wildman–Crippen LogP) is 5.44. The summed E-state index contributed by atoms with van der Waals surface area (Å²) in [4.78, 5) is 21.6. The minimum absolute atomic E-state index is 0.445.